The van der Waals surface area contributed by atoms with Crippen molar-refractivity contribution in [2.24, 2.45) is 5.14 Å². The normalized spacial score (nSPS) is 11.5. The van der Waals surface area contributed by atoms with Crippen LogP contribution in [0.5, 0.6) is 0 Å². The lowest BCUT2D eigenvalue weighted by Gasteiger charge is -2.09. The quantitative estimate of drug-likeness (QED) is 0.609. The third kappa shape index (κ3) is 4.24. The molecule has 0 spiro atoms. The average Bonchev–Trinajstić information content (AvgIpc) is 2.52. The highest BCUT2D eigenvalue weighted by Crippen LogP contribution is 2.28. The third-order valence-corrected chi connectivity index (χ3v) is 4.12. The van der Waals surface area contributed by atoms with Gasteiger partial charge in [0.1, 0.15) is 5.69 Å². The summed E-state index contributed by atoms with van der Waals surface area (Å²) in [5.74, 6) is 0. The van der Waals surface area contributed by atoms with Crippen molar-refractivity contribution < 1.29 is 22.1 Å². The number of benzene rings is 2. The van der Waals surface area contributed by atoms with Crippen LogP contribution in [-0.4, -0.2) is 13.3 Å². The van der Waals surface area contributed by atoms with Crippen molar-refractivity contribution in [3.63, 3.8) is 0 Å². The predicted octanol–water partition coefficient (Wildman–Crippen LogP) is 2.79. The molecule has 0 atom stereocenters. The Morgan fingerprint density at radius 1 is 1.17 bits per heavy atom. The Kier molecular flexibility index (Phi) is 5.10. The van der Waals surface area contributed by atoms with Gasteiger partial charge in [0.25, 0.3) is 12.1 Å². The third-order valence-electron chi connectivity index (χ3n) is 3.21. The fourth-order valence-corrected chi connectivity index (χ4v) is 2.50. The number of halogens is 2. The first-order valence-electron chi connectivity index (χ1n) is 6.60. The highest BCUT2D eigenvalue weighted by atomic mass is 32.2. The number of rotatable bonds is 6. The van der Waals surface area contributed by atoms with Crippen molar-refractivity contribution in [2.45, 2.75) is 17.9 Å². The molecule has 0 fully saturated rings. The minimum atomic E-state index is -4.06. The van der Waals surface area contributed by atoms with Crippen molar-refractivity contribution >= 4 is 21.4 Å². The Bertz CT molecular complexity index is 855. The van der Waals surface area contributed by atoms with Crippen molar-refractivity contribution in [1.82, 2.24) is 0 Å². The van der Waals surface area contributed by atoms with E-state index in [-0.39, 0.29) is 22.7 Å². The highest BCUT2D eigenvalue weighted by molar-refractivity contribution is 7.89. The Labute approximate surface area is 136 Å². The Morgan fingerprint density at radius 3 is 2.29 bits per heavy atom. The second-order valence-corrected chi connectivity index (χ2v) is 6.44. The molecule has 0 unspecified atom stereocenters. The van der Waals surface area contributed by atoms with Gasteiger partial charge in [0.15, 0.2) is 0 Å². The van der Waals surface area contributed by atoms with Crippen molar-refractivity contribution in [1.29, 1.82) is 0 Å². The van der Waals surface area contributed by atoms with Crippen LogP contribution in [0.25, 0.3) is 0 Å². The zero-order chi connectivity index (χ0) is 17.9. The van der Waals surface area contributed by atoms with E-state index in [1.54, 1.807) is 0 Å². The molecule has 7 nitrogen and oxygen atoms in total. The van der Waals surface area contributed by atoms with Gasteiger partial charge in [-0.1, -0.05) is 24.3 Å². The monoisotopic (exact) mass is 357 g/mol. The fourth-order valence-electron chi connectivity index (χ4n) is 1.97. The number of nitrogens with zero attached hydrogens (tertiary/aromatic N) is 1. The summed E-state index contributed by atoms with van der Waals surface area (Å²) in [6, 6.07) is 8.70. The number of sulfonamides is 1. The molecule has 0 saturated heterocycles. The van der Waals surface area contributed by atoms with E-state index in [2.05, 4.69) is 5.32 Å². The smallest absolute Gasteiger partial charge is 0.293 e. The van der Waals surface area contributed by atoms with E-state index >= 15 is 0 Å². The van der Waals surface area contributed by atoms with Crippen LogP contribution < -0.4 is 10.5 Å². The molecular weight excluding hydrogens is 344 g/mol. The summed E-state index contributed by atoms with van der Waals surface area (Å²) >= 11 is 0. The first-order valence-corrected chi connectivity index (χ1v) is 8.15. The number of hydrogen-bond acceptors (Lipinski definition) is 5. The van der Waals surface area contributed by atoms with Crippen LogP contribution in [0.3, 0.4) is 0 Å². The average molecular weight is 357 g/mol. The van der Waals surface area contributed by atoms with Gasteiger partial charge in [-0.3, -0.25) is 10.1 Å². The summed E-state index contributed by atoms with van der Waals surface area (Å²) < 4.78 is 47.5. The van der Waals surface area contributed by atoms with E-state index in [9.17, 15) is 27.3 Å². The van der Waals surface area contributed by atoms with Gasteiger partial charge in [0.05, 0.1) is 9.82 Å². The lowest BCUT2D eigenvalue weighted by Crippen LogP contribution is -2.13. The molecule has 0 saturated carbocycles. The van der Waals surface area contributed by atoms with E-state index in [4.69, 9.17) is 5.14 Å². The van der Waals surface area contributed by atoms with Gasteiger partial charge in [-0.25, -0.2) is 22.3 Å². The lowest BCUT2D eigenvalue weighted by molar-refractivity contribution is -0.384. The minimum Gasteiger partial charge on any atom is -0.375 e. The number of anilines is 1. The van der Waals surface area contributed by atoms with Crippen molar-refractivity contribution in [3.05, 3.63) is 63.7 Å². The second-order valence-electron chi connectivity index (χ2n) is 4.88. The first-order chi connectivity index (χ1) is 11.2. The molecule has 2 rings (SSSR count). The molecule has 0 aliphatic heterocycles. The molecule has 2 aromatic carbocycles. The molecule has 0 aromatic heterocycles. The van der Waals surface area contributed by atoms with Gasteiger partial charge >= 0.3 is 0 Å². The summed E-state index contributed by atoms with van der Waals surface area (Å²) in [6.45, 7) is 0.138. The van der Waals surface area contributed by atoms with Gasteiger partial charge in [0.2, 0.25) is 10.0 Å². The first kappa shape index (κ1) is 17.8. The number of primary sulfonamides is 1. The van der Waals surface area contributed by atoms with Gasteiger partial charge < -0.3 is 5.32 Å². The molecule has 10 heteroatoms. The van der Waals surface area contributed by atoms with Crippen molar-refractivity contribution in [2.75, 3.05) is 5.32 Å². The number of hydrogen-bond donors (Lipinski definition) is 2. The van der Waals surface area contributed by atoms with E-state index in [1.165, 1.54) is 30.3 Å². The van der Waals surface area contributed by atoms with E-state index < -0.39 is 27.1 Å². The largest absolute Gasteiger partial charge is 0.375 e. The van der Waals surface area contributed by atoms with Crippen molar-refractivity contribution in [3.8, 4) is 0 Å². The molecule has 0 heterocycles. The Balaban J connectivity index is 2.21. The molecule has 128 valence electrons. The molecule has 0 bridgehead atoms. The maximum absolute atomic E-state index is 12.5. The Morgan fingerprint density at radius 2 is 1.79 bits per heavy atom. The molecule has 0 aliphatic carbocycles. The molecule has 0 aliphatic rings. The molecule has 3 N–H and O–H groups in total. The highest BCUT2D eigenvalue weighted by Gasteiger charge is 2.19. The molecule has 24 heavy (non-hydrogen) atoms. The zero-order valence-electron chi connectivity index (χ0n) is 12.1. The summed E-state index contributed by atoms with van der Waals surface area (Å²) in [7, 11) is -4.06. The molecule has 0 radical (unpaired) electrons. The number of nitrogens with one attached hydrogen (secondary N) is 1. The van der Waals surface area contributed by atoms with Crippen LogP contribution in [0.4, 0.5) is 20.2 Å². The number of nitrogens with two attached hydrogens (primary N) is 1. The van der Waals surface area contributed by atoms with E-state index in [1.807, 2.05) is 0 Å². The topological polar surface area (TPSA) is 115 Å². The summed E-state index contributed by atoms with van der Waals surface area (Å²) in [5.41, 5.74) is 0.141. The maximum atomic E-state index is 12.5. The maximum Gasteiger partial charge on any atom is 0.293 e. The van der Waals surface area contributed by atoms with Crippen LogP contribution in [0.2, 0.25) is 0 Å². The number of nitro benzene ring substituents is 1. The van der Waals surface area contributed by atoms with E-state index in [0.29, 0.717) is 5.56 Å². The number of alkyl halides is 2. The summed E-state index contributed by atoms with van der Waals surface area (Å²) in [4.78, 5) is 9.97. The predicted molar refractivity (Wildman–Crippen MR) is 83.2 cm³/mol. The SMILES string of the molecule is NS(=O)(=O)c1ccc(NCc2ccc(C(F)F)cc2)c([N+](=O)[O-])c1. The standard InChI is InChI=1S/C14H13F2N3O4S/c15-14(16)10-3-1-9(2-4-10)8-18-12-6-5-11(24(17,22)23)7-13(12)19(20)21/h1-7,14,18H,8H2,(H2,17,22,23). The van der Waals surface area contributed by atoms with Crippen LogP contribution in [0, 0.1) is 10.1 Å². The summed E-state index contributed by atoms with van der Waals surface area (Å²) in [5, 5.41) is 18.8. The van der Waals surface area contributed by atoms with Crippen LogP contribution >= 0.6 is 0 Å². The van der Waals surface area contributed by atoms with Gasteiger partial charge in [-0.05, 0) is 17.7 Å². The van der Waals surface area contributed by atoms with Gasteiger partial charge in [-0.15, -0.1) is 0 Å². The fraction of sp³-hybridized carbons (Fsp3) is 0.143. The van der Waals surface area contributed by atoms with Gasteiger partial charge in [-0.2, -0.15) is 0 Å². The van der Waals surface area contributed by atoms with Crippen LogP contribution in [0.1, 0.15) is 17.6 Å². The lowest BCUT2D eigenvalue weighted by atomic mass is 10.1. The second kappa shape index (κ2) is 6.89. The minimum absolute atomic E-state index is 0.0883. The number of nitro groups is 1. The molecule has 2 aromatic rings. The molecular formula is C14H13F2N3O4S. The van der Waals surface area contributed by atoms with Crippen LogP contribution in [-0.2, 0) is 16.6 Å². The zero-order valence-corrected chi connectivity index (χ0v) is 13.0. The summed E-state index contributed by atoms with van der Waals surface area (Å²) in [6.07, 6.45) is -2.57. The van der Waals surface area contributed by atoms with Gasteiger partial charge in [0, 0.05) is 18.2 Å². The molecule has 0 amide bonds. The Hall–Kier alpha value is -2.59. The van der Waals surface area contributed by atoms with E-state index in [0.717, 1.165) is 12.1 Å². The van der Waals surface area contributed by atoms with Crippen LogP contribution in [0.15, 0.2) is 47.4 Å².